The number of aliphatic imine (C=N–C) groups is 1. The van der Waals surface area contributed by atoms with Gasteiger partial charge in [0.1, 0.15) is 5.82 Å². The standard InChI is InChI=1S/C17H27FN4S/c1-2-22-11-3-5-15(22)13-21-17(19)20-10-4-12-23-16-8-6-14(18)7-9-16/h6-9,15H,2-5,10-13H2,1H3,(H3,19,20,21). The van der Waals surface area contributed by atoms with Crippen LogP contribution in [0, 0.1) is 5.82 Å². The van der Waals surface area contributed by atoms with E-state index in [9.17, 15) is 4.39 Å². The lowest BCUT2D eigenvalue weighted by molar-refractivity contribution is 0.273. The quantitative estimate of drug-likeness (QED) is 0.331. The van der Waals surface area contributed by atoms with E-state index in [1.807, 2.05) is 12.1 Å². The second-order valence-corrected chi connectivity index (χ2v) is 6.90. The van der Waals surface area contributed by atoms with E-state index in [1.54, 1.807) is 11.8 Å². The Hall–Kier alpha value is -1.27. The van der Waals surface area contributed by atoms with Crippen molar-refractivity contribution in [3.8, 4) is 0 Å². The van der Waals surface area contributed by atoms with Crippen LogP contribution in [0.15, 0.2) is 34.2 Å². The molecule has 0 radical (unpaired) electrons. The first-order chi connectivity index (χ1) is 11.2. The molecule has 23 heavy (non-hydrogen) atoms. The Morgan fingerprint density at radius 1 is 1.43 bits per heavy atom. The summed E-state index contributed by atoms with van der Waals surface area (Å²) >= 11 is 1.72. The maximum absolute atomic E-state index is 12.8. The van der Waals surface area contributed by atoms with Gasteiger partial charge in [0.05, 0.1) is 6.54 Å². The molecule has 2 rings (SSSR count). The normalized spacial score (nSPS) is 19.2. The third-order valence-corrected chi connectivity index (χ3v) is 5.19. The molecule has 1 aliphatic heterocycles. The van der Waals surface area contributed by atoms with Gasteiger partial charge in [-0.25, -0.2) is 4.39 Å². The number of hydrogen-bond acceptors (Lipinski definition) is 3. The molecule has 0 bridgehead atoms. The van der Waals surface area contributed by atoms with E-state index in [0.717, 1.165) is 36.7 Å². The number of nitrogens with two attached hydrogens (primary N) is 1. The number of hydrogen-bond donors (Lipinski definition) is 2. The average molecular weight is 338 g/mol. The summed E-state index contributed by atoms with van der Waals surface area (Å²) in [5.41, 5.74) is 5.92. The third kappa shape index (κ3) is 6.39. The summed E-state index contributed by atoms with van der Waals surface area (Å²) in [5, 5.41) is 3.17. The topological polar surface area (TPSA) is 53.6 Å². The summed E-state index contributed by atoms with van der Waals surface area (Å²) in [6.45, 7) is 6.07. The fourth-order valence-electron chi connectivity index (χ4n) is 2.79. The Bertz CT molecular complexity index is 492. The molecule has 0 aromatic heterocycles. The van der Waals surface area contributed by atoms with Crippen LogP contribution in [-0.2, 0) is 0 Å². The number of halogens is 1. The second-order valence-electron chi connectivity index (χ2n) is 5.73. The van der Waals surface area contributed by atoms with Crippen molar-refractivity contribution in [3.63, 3.8) is 0 Å². The molecule has 0 aliphatic carbocycles. The second kappa shape index (κ2) is 9.78. The first-order valence-electron chi connectivity index (χ1n) is 8.35. The van der Waals surface area contributed by atoms with E-state index in [4.69, 9.17) is 5.73 Å². The summed E-state index contributed by atoms with van der Waals surface area (Å²) in [4.78, 5) is 8.02. The SMILES string of the molecule is CCN1CCCC1CN=C(N)NCCCSc1ccc(F)cc1. The van der Waals surface area contributed by atoms with Crippen LogP contribution in [0.2, 0.25) is 0 Å². The zero-order valence-corrected chi connectivity index (χ0v) is 14.6. The van der Waals surface area contributed by atoms with Gasteiger partial charge in [0, 0.05) is 17.5 Å². The first-order valence-corrected chi connectivity index (χ1v) is 9.34. The van der Waals surface area contributed by atoms with E-state index >= 15 is 0 Å². The lowest BCUT2D eigenvalue weighted by Gasteiger charge is -2.20. The van der Waals surface area contributed by atoms with Gasteiger partial charge in [-0.05, 0) is 62.4 Å². The van der Waals surface area contributed by atoms with E-state index in [2.05, 4.69) is 22.1 Å². The molecule has 3 N–H and O–H groups in total. The zero-order valence-electron chi connectivity index (χ0n) is 13.8. The van der Waals surface area contributed by atoms with E-state index in [0.29, 0.717) is 12.0 Å². The highest BCUT2D eigenvalue weighted by Gasteiger charge is 2.22. The zero-order chi connectivity index (χ0) is 16.5. The maximum Gasteiger partial charge on any atom is 0.188 e. The predicted octanol–water partition coefficient (Wildman–Crippen LogP) is 2.70. The number of benzene rings is 1. The minimum Gasteiger partial charge on any atom is -0.370 e. The van der Waals surface area contributed by atoms with Crippen LogP contribution in [0.25, 0.3) is 0 Å². The Balaban J connectivity index is 1.58. The smallest absolute Gasteiger partial charge is 0.188 e. The van der Waals surface area contributed by atoms with Crippen molar-refractivity contribution in [3.05, 3.63) is 30.1 Å². The molecule has 0 amide bonds. The Labute approximate surface area is 142 Å². The van der Waals surface area contributed by atoms with Gasteiger partial charge in [-0.2, -0.15) is 0 Å². The van der Waals surface area contributed by atoms with Gasteiger partial charge >= 0.3 is 0 Å². The van der Waals surface area contributed by atoms with Gasteiger partial charge in [-0.1, -0.05) is 6.92 Å². The molecule has 0 saturated carbocycles. The maximum atomic E-state index is 12.8. The van der Waals surface area contributed by atoms with Crippen LogP contribution in [-0.4, -0.2) is 48.8 Å². The summed E-state index contributed by atoms with van der Waals surface area (Å²) in [5.74, 6) is 1.32. The minimum atomic E-state index is -0.191. The third-order valence-electron chi connectivity index (χ3n) is 4.09. The van der Waals surface area contributed by atoms with Crippen LogP contribution >= 0.6 is 11.8 Å². The lowest BCUT2D eigenvalue weighted by Crippen LogP contribution is -2.36. The molecular weight excluding hydrogens is 311 g/mol. The van der Waals surface area contributed by atoms with E-state index in [-0.39, 0.29) is 5.82 Å². The van der Waals surface area contributed by atoms with Gasteiger partial charge < -0.3 is 11.1 Å². The Morgan fingerprint density at radius 3 is 2.96 bits per heavy atom. The number of nitrogens with one attached hydrogen (secondary N) is 1. The van der Waals surface area contributed by atoms with Gasteiger partial charge in [0.15, 0.2) is 5.96 Å². The summed E-state index contributed by atoms with van der Waals surface area (Å²) < 4.78 is 12.8. The lowest BCUT2D eigenvalue weighted by atomic mass is 10.2. The van der Waals surface area contributed by atoms with Gasteiger partial charge in [0.25, 0.3) is 0 Å². The fourth-order valence-corrected chi connectivity index (χ4v) is 3.64. The van der Waals surface area contributed by atoms with Crippen molar-refractivity contribution in [2.75, 3.05) is 31.9 Å². The van der Waals surface area contributed by atoms with Crippen LogP contribution in [0.1, 0.15) is 26.2 Å². The molecule has 1 heterocycles. The largest absolute Gasteiger partial charge is 0.370 e. The highest BCUT2D eigenvalue weighted by atomic mass is 32.2. The van der Waals surface area contributed by atoms with Crippen molar-refractivity contribution in [2.24, 2.45) is 10.7 Å². The van der Waals surface area contributed by atoms with Crippen LogP contribution in [0.4, 0.5) is 4.39 Å². The molecule has 0 spiro atoms. The molecule has 1 aromatic carbocycles. The van der Waals surface area contributed by atoms with E-state index in [1.165, 1.54) is 31.5 Å². The molecule has 6 heteroatoms. The minimum absolute atomic E-state index is 0.191. The molecule has 1 aromatic rings. The number of rotatable bonds is 8. The predicted molar refractivity (Wildman–Crippen MR) is 96.5 cm³/mol. The molecule has 1 saturated heterocycles. The Morgan fingerprint density at radius 2 is 2.22 bits per heavy atom. The Kier molecular flexibility index (Phi) is 7.68. The first kappa shape index (κ1) is 18.1. The highest BCUT2D eigenvalue weighted by molar-refractivity contribution is 7.99. The van der Waals surface area contributed by atoms with Crippen molar-refractivity contribution in [2.45, 2.75) is 37.1 Å². The van der Waals surface area contributed by atoms with Crippen molar-refractivity contribution < 1.29 is 4.39 Å². The fraction of sp³-hybridized carbons (Fsp3) is 0.588. The van der Waals surface area contributed by atoms with Crippen LogP contribution in [0.5, 0.6) is 0 Å². The number of guanidine groups is 1. The molecule has 1 fully saturated rings. The van der Waals surface area contributed by atoms with Crippen LogP contribution in [0.3, 0.4) is 0 Å². The summed E-state index contributed by atoms with van der Waals surface area (Å²) in [6, 6.07) is 7.16. The summed E-state index contributed by atoms with van der Waals surface area (Å²) in [6.07, 6.45) is 3.48. The monoisotopic (exact) mass is 338 g/mol. The van der Waals surface area contributed by atoms with E-state index < -0.39 is 0 Å². The van der Waals surface area contributed by atoms with Crippen molar-refractivity contribution >= 4 is 17.7 Å². The number of likely N-dealkylation sites (N-methyl/N-ethyl adjacent to an activating group) is 1. The van der Waals surface area contributed by atoms with Crippen molar-refractivity contribution in [1.29, 1.82) is 0 Å². The number of likely N-dealkylation sites (tertiary alicyclic amines) is 1. The van der Waals surface area contributed by atoms with Gasteiger partial charge in [-0.15, -0.1) is 11.8 Å². The number of thioether (sulfide) groups is 1. The number of nitrogens with zero attached hydrogens (tertiary/aromatic N) is 2. The molecule has 1 unspecified atom stereocenters. The molecule has 1 aliphatic rings. The highest BCUT2D eigenvalue weighted by Crippen LogP contribution is 2.18. The molecule has 128 valence electrons. The van der Waals surface area contributed by atoms with Crippen molar-refractivity contribution in [1.82, 2.24) is 10.2 Å². The van der Waals surface area contributed by atoms with Crippen LogP contribution < -0.4 is 11.1 Å². The molecular formula is C17H27FN4S. The molecule has 4 nitrogen and oxygen atoms in total. The van der Waals surface area contributed by atoms with Gasteiger partial charge in [0.2, 0.25) is 0 Å². The average Bonchev–Trinajstić information content (AvgIpc) is 3.02. The summed E-state index contributed by atoms with van der Waals surface area (Å²) in [7, 11) is 0. The van der Waals surface area contributed by atoms with Gasteiger partial charge in [-0.3, -0.25) is 9.89 Å². The molecule has 1 atom stereocenters.